The fourth-order valence-corrected chi connectivity index (χ4v) is 5.59. The lowest BCUT2D eigenvalue weighted by Gasteiger charge is -2.28. The minimum absolute atomic E-state index is 0.000513. The lowest BCUT2D eigenvalue weighted by atomic mass is 10.0. The SMILES string of the molecule is COC(=O)NCC(=O)N1CCC[C@H]1c1nc2ccc([C@H]3CCCN3c3ccc(OC(F)(F)F)c(Cl)c3)cc2[nH]1. The van der Waals surface area contributed by atoms with Gasteiger partial charge in [0.25, 0.3) is 0 Å². The van der Waals surface area contributed by atoms with E-state index >= 15 is 0 Å². The highest BCUT2D eigenvalue weighted by molar-refractivity contribution is 6.32. The summed E-state index contributed by atoms with van der Waals surface area (Å²) in [6.45, 7) is 1.14. The Morgan fingerprint density at radius 1 is 1.13 bits per heavy atom. The van der Waals surface area contributed by atoms with E-state index in [1.54, 1.807) is 11.0 Å². The Balaban J connectivity index is 1.34. The summed E-state index contributed by atoms with van der Waals surface area (Å²) in [5.41, 5.74) is 3.34. The number of aromatic amines is 1. The number of anilines is 1. The molecule has 13 heteroatoms. The number of alkyl carbamates (subject to hydrolysis) is 1. The predicted molar refractivity (Wildman–Crippen MR) is 138 cm³/mol. The number of H-pyrrole nitrogens is 1. The summed E-state index contributed by atoms with van der Waals surface area (Å²) in [7, 11) is 1.24. The van der Waals surface area contributed by atoms with Gasteiger partial charge in [-0.3, -0.25) is 4.79 Å². The third-order valence-corrected chi connectivity index (χ3v) is 7.39. The lowest BCUT2D eigenvalue weighted by molar-refractivity contribution is -0.274. The number of carbonyl (C=O) groups excluding carboxylic acids is 2. The van der Waals surface area contributed by atoms with Crippen molar-refractivity contribution in [1.82, 2.24) is 20.2 Å². The summed E-state index contributed by atoms with van der Waals surface area (Å²) in [4.78, 5) is 36.0. The first-order valence-corrected chi connectivity index (χ1v) is 12.9. The maximum absolute atomic E-state index is 12.7. The molecule has 208 valence electrons. The van der Waals surface area contributed by atoms with Gasteiger partial charge >= 0.3 is 12.5 Å². The van der Waals surface area contributed by atoms with E-state index < -0.39 is 18.2 Å². The Hall–Kier alpha value is -3.67. The number of methoxy groups -OCH3 is 1. The van der Waals surface area contributed by atoms with E-state index in [-0.39, 0.29) is 29.6 Å². The van der Waals surface area contributed by atoms with Crippen LogP contribution in [0.4, 0.5) is 23.7 Å². The molecule has 2 aliphatic heterocycles. The number of imidazole rings is 1. The van der Waals surface area contributed by atoms with Gasteiger partial charge < -0.3 is 29.6 Å². The van der Waals surface area contributed by atoms with Crippen LogP contribution < -0.4 is 15.0 Å². The number of halogens is 4. The topological polar surface area (TPSA) is 99.8 Å². The van der Waals surface area contributed by atoms with Gasteiger partial charge in [0.05, 0.1) is 35.2 Å². The van der Waals surface area contributed by atoms with Crippen LogP contribution in [0, 0.1) is 0 Å². The van der Waals surface area contributed by atoms with Gasteiger partial charge in [0.1, 0.15) is 18.1 Å². The van der Waals surface area contributed by atoms with Crippen LogP contribution in [0.2, 0.25) is 5.02 Å². The summed E-state index contributed by atoms with van der Waals surface area (Å²) < 4.78 is 46.4. The fourth-order valence-electron chi connectivity index (χ4n) is 5.38. The van der Waals surface area contributed by atoms with Crippen molar-refractivity contribution in [3.05, 3.63) is 52.8 Å². The number of rotatable bonds is 6. The molecule has 2 saturated heterocycles. The van der Waals surface area contributed by atoms with E-state index in [4.69, 9.17) is 16.6 Å². The number of amides is 2. The van der Waals surface area contributed by atoms with Crippen molar-refractivity contribution < 1.29 is 32.2 Å². The lowest BCUT2D eigenvalue weighted by Crippen LogP contribution is -2.40. The molecule has 1 aromatic heterocycles. The Morgan fingerprint density at radius 3 is 2.64 bits per heavy atom. The molecular formula is C26H27ClF3N5O4. The van der Waals surface area contributed by atoms with Gasteiger partial charge in [-0.1, -0.05) is 17.7 Å². The van der Waals surface area contributed by atoms with Crippen molar-refractivity contribution in [3.63, 3.8) is 0 Å². The van der Waals surface area contributed by atoms with Gasteiger partial charge in [0, 0.05) is 18.8 Å². The molecule has 5 rings (SSSR count). The van der Waals surface area contributed by atoms with E-state index in [1.165, 1.54) is 19.2 Å². The number of carbonyl (C=O) groups is 2. The van der Waals surface area contributed by atoms with Crippen LogP contribution in [0.25, 0.3) is 11.0 Å². The quantitative estimate of drug-likeness (QED) is 0.411. The molecule has 2 fully saturated rings. The molecule has 2 atom stereocenters. The average Bonchev–Trinajstić information content (AvgIpc) is 3.66. The minimum atomic E-state index is -4.82. The molecule has 3 heterocycles. The molecule has 0 unspecified atom stereocenters. The summed E-state index contributed by atoms with van der Waals surface area (Å²) in [5.74, 6) is 0.0351. The first kappa shape index (κ1) is 26.9. The predicted octanol–water partition coefficient (Wildman–Crippen LogP) is 5.48. The first-order valence-electron chi connectivity index (χ1n) is 12.6. The molecule has 2 N–H and O–H groups in total. The molecule has 3 aromatic rings. The van der Waals surface area contributed by atoms with E-state index in [1.807, 2.05) is 18.2 Å². The number of likely N-dealkylation sites (tertiary alicyclic amines) is 1. The van der Waals surface area contributed by atoms with Crippen LogP contribution in [0.15, 0.2) is 36.4 Å². The molecule has 2 amide bonds. The second-order valence-electron chi connectivity index (χ2n) is 9.50. The smallest absolute Gasteiger partial charge is 0.453 e. The van der Waals surface area contributed by atoms with Gasteiger partial charge in [-0.15, -0.1) is 13.2 Å². The second-order valence-corrected chi connectivity index (χ2v) is 9.91. The largest absolute Gasteiger partial charge is 0.573 e. The van der Waals surface area contributed by atoms with Crippen molar-refractivity contribution in [1.29, 1.82) is 0 Å². The number of aromatic nitrogens is 2. The fraction of sp³-hybridized carbons (Fsp3) is 0.423. The van der Waals surface area contributed by atoms with Gasteiger partial charge in [0.15, 0.2) is 0 Å². The van der Waals surface area contributed by atoms with E-state index in [2.05, 4.69) is 24.7 Å². The van der Waals surface area contributed by atoms with Crippen molar-refractivity contribution in [2.75, 3.05) is 31.6 Å². The second kappa shape index (κ2) is 10.8. The van der Waals surface area contributed by atoms with Crippen LogP contribution >= 0.6 is 11.6 Å². The molecule has 2 aromatic carbocycles. The van der Waals surface area contributed by atoms with E-state index in [0.717, 1.165) is 48.8 Å². The molecular weight excluding hydrogens is 539 g/mol. The number of nitrogens with one attached hydrogen (secondary N) is 2. The Labute approximate surface area is 227 Å². The normalized spacial score (nSPS) is 19.5. The standard InChI is InChI=1S/C26H27ClF3N5O4/c1-38-25(37)31-14-23(36)35-11-3-5-21(35)24-32-18-8-6-15(12-19(18)33-24)20-4-2-10-34(20)16-7-9-22(17(27)13-16)39-26(28,29)30/h6-9,12-13,20-21H,2-5,10-11,14H2,1H3,(H,31,37)(H,32,33)/t20-,21+/m1/s1. The summed E-state index contributed by atoms with van der Waals surface area (Å²) >= 11 is 6.11. The van der Waals surface area contributed by atoms with Gasteiger partial charge in [-0.05, 0) is 61.6 Å². The molecule has 2 aliphatic rings. The Morgan fingerprint density at radius 2 is 1.90 bits per heavy atom. The highest BCUT2D eigenvalue weighted by Gasteiger charge is 2.34. The zero-order valence-electron chi connectivity index (χ0n) is 21.1. The third-order valence-electron chi connectivity index (χ3n) is 7.09. The number of benzene rings is 2. The molecule has 39 heavy (non-hydrogen) atoms. The van der Waals surface area contributed by atoms with Crippen molar-refractivity contribution >= 4 is 40.3 Å². The van der Waals surface area contributed by atoms with Crippen LogP contribution in [0.1, 0.15) is 49.2 Å². The number of nitrogens with zero attached hydrogens (tertiary/aromatic N) is 3. The summed E-state index contributed by atoms with van der Waals surface area (Å²) in [5, 5.41) is 2.32. The number of hydrogen-bond acceptors (Lipinski definition) is 6. The Bertz CT molecular complexity index is 1380. The maximum Gasteiger partial charge on any atom is 0.573 e. The van der Waals surface area contributed by atoms with Crippen LogP contribution in [-0.4, -0.2) is 60.0 Å². The van der Waals surface area contributed by atoms with E-state index in [0.29, 0.717) is 18.1 Å². The molecule has 0 bridgehead atoms. The number of hydrogen-bond donors (Lipinski definition) is 2. The maximum atomic E-state index is 12.7. The molecule has 0 spiro atoms. The van der Waals surface area contributed by atoms with Gasteiger partial charge in [0.2, 0.25) is 5.91 Å². The van der Waals surface area contributed by atoms with E-state index in [9.17, 15) is 22.8 Å². The summed E-state index contributed by atoms with van der Waals surface area (Å²) in [6.07, 6.45) is -2.13. The zero-order chi connectivity index (χ0) is 27.7. The summed E-state index contributed by atoms with van der Waals surface area (Å²) in [6, 6.07) is 10.0. The zero-order valence-corrected chi connectivity index (χ0v) is 21.8. The van der Waals surface area contributed by atoms with Gasteiger partial charge in [-0.2, -0.15) is 0 Å². The van der Waals surface area contributed by atoms with Crippen molar-refractivity contribution in [3.8, 4) is 5.75 Å². The van der Waals surface area contributed by atoms with Crippen LogP contribution in [0.5, 0.6) is 5.75 Å². The van der Waals surface area contributed by atoms with Crippen molar-refractivity contribution in [2.45, 2.75) is 44.1 Å². The van der Waals surface area contributed by atoms with Crippen molar-refractivity contribution in [2.24, 2.45) is 0 Å². The molecule has 9 nitrogen and oxygen atoms in total. The van der Waals surface area contributed by atoms with Gasteiger partial charge in [-0.25, -0.2) is 9.78 Å². The average molecular weight is 566 g/mol. The number of ether oxygens (including phenoxy) is 2. The molecule has 0 saturated carbocycles. The van der Waals surface area contributed by atoms with Crippen LogP contribution in [-0.2, 0) is 9.53 Å². The number of fused-ring (bicyclic) bond motifs is 1. The monoisotopic (exact) mass is 565 g/mol. The third kappa shape index (κ3) is 5.85. The van der Waals surface area contributed by atoms with Crippen LogP contribution in [0.3, 0.4) is 0 Å². The highest BCUT2D eigenvalue weighted by atomic mass is 35.5. The molecule has 0 aliphatic carbocycles. The number of alkyl halides is 3. The first-order chi connectivity index (χ1) is 18.6. The molecule has 0 radical (unpaired) electrons. The minimum Gasteiger partial charge on any atom is -0.453 e. The highest BCUT2D eigenvalue weighted by Crippen LogP contribution is 2.40. The Kier molecular flexibility index (Phi) is 7.48.